The van der Waals surface area contributed by atoms with Gasteiger partial charge in [0.05, 0.1) is 9.50 Å². The zero-order valence-electron chi connectivity index (χ0n) is 6.09. The summed E-state index contributed by atoms with van der Waals surface area (Å²) < 4.78 is 34.7. The number of hydrogen-bond acceptors (Lipinski definition) is 2. The first kappa shape index (κ1) is 10.9. The quantitative estimate of drug-likeness (QED) is 0.802. The van der Waals surface area contributed by atoms with Crippen LogP contribution in [0.3, 0.4) is 0 Å². The summed E-state index contributed by atoms with van der Waals surface area (Å²) in [4.78, 5) is -0.625. The molecule has 72 valence electrons. The SMILES string of the molecule is NS(=O)(=O)c1c(F)ccc(Cl)c1Br. The molecule has 0 bridgehead atoms. The number of halogens is 3. The molecule has 2 N–H and O–H groups in total. The third kappa shape index (κ3) is 2.19. The van der Waals surface area contributed by atoms with Crippen molar-refractivity contribution in [3.63, 3.8) is 0 Å². The van der Waals surface area contributed by atoms with E-state index in [0.29, 0.717) is 0 Å². The molecule has 0 heterocycles. The third-order valence-corrected chi connectivity index (χ3v) is 3.88. The number of primary sulfonamides is 1. The van der Waals surface area contributed by atoms with Crippen LogP contribution in [0.15, 0.2) is 21.5 Å². The van der Waals surface area contributed by atoms with Gasteiger partial charge in [-0.15, -0.1) is 0 Å². The van der Waals surface area contributed by atoms with Gasteiger partial charge in [-0.1, -0.05) is 11.6 Å². The number of benzene rings is 1. The van der Waals surface area contributed by atoms with Crippen LogP contribution < -0.4 is 5.14 Å². The highest BCUT2D eigenvalue weighted by molar-refractivity contribution is 9.10. The van der Waals surface area contributed by atoms with E-state index in [1.165, 1.54) is 6.07 Å². The van der Waals surface area contributed by atoms with Crippen LogP contribution in [0.25, 0.3) is 0 Å². The largest absolute Gasteiger partial charge is 0.242 e. The van der Waals surface area contributed by atoms with E-state index in [-0.39, 0.29) is 9.50 Å². The summed E-state index contributed by atoms with van der Waals surface area (Å²) in [5.41, 5.74) is 0. The van der Waals surface area contributed by atoms with E-state index in [0.717, 1.165) is 6.07 Å². The second kappa shape index (κ2) is 3.53. The molecule has 0 atom stereocenters. The lowest BCUT2D eigenvalue weighted by Gasteiger charge is -2.04. The molecule has 0 aliphatic heterocycles. The summed E-state index contributed by atoms with van der Waals surface area (Å²) in [6.45, 7) is 0. The number of sulfonamides is 1. The van der Waals surface area contributed by atoms with Crippen molar-refractivity contribution < 1.29 is 12.8 Å². The summed E-state index contributed by atoms with van der Waals surface area (Å²) in [7, 11) is -4.09. The molecule has 1 aromatic rings. The van der Waals surface area contributed by atoms with Gasteiger partial charge in [-0.3, -0.25) is 0 Å². The topological polar surface area (TPSA) is 60.2 Å². The molecule has 13 heavy (non-hydrogen) atoms. The van der Waals surface area contributed by atoms with Crippen molar-refractivity contribution in [2.24, 2.45) is 5.14 Å². The molecule has 0 fully saturated rings. The van der Waals surface area contributed by atoms with E-state index in [1.54, 1.807) is 0 Å². The normalized spacial score (nSPS) is 11.7. The van der Waals surface area contributed by atoms with Crippen LogP contribution in [0.1, 0.15) is 0 Å². The standard InChI is InChI=1S/C6H4BrClFNO2S/c7-5-3(8)1-2-4(9)6(5)13(10,11)12/h1-2H,(H2,10,11,12). The van der Waals surface area contributed by atoms with Gasteiger partial charge in [0.15, 0.2) is 0 Å². The van der Waals surface area contributed by atoms with E-state index < -0.39 is 20.7 Å². The van der Waals surface area contributed by atoms with Gasteiger partial charge in [0.1, 0.15) is 10.7 Å². The van der Waals surface area contributed by atoms with Crippen LogP contribution in [-0.2, 0) is 10.0 Å². The first-order chi connectivity index (χ1) is 5.84. The van der Waals surface area contributed by atoms with Crippen molar-refractivity contribution in [1.29, 1.82) is 0 Å². The van der Waals surface area contributed by atoms with Gasteiger partial charge in [-0.05, 0) is 28.1 Å². The van der Waals surface area contributed by atoms with Crippen molar-refractivity contribution in [3.05, 3.63) is 27.4 Å². The molecular weight excluding hydrogens is 284 g/mol. The Bertz CT molecular complexity index is 448. The van der Waals surface area contributed by atoms with Crippen molar-refractivity contribution in [2.75, 3.05) is 0 Å². The molecule has 7 heteroatoms. The van der Waals surface area contributed by atoms with E-state index in [9.17, 15) is 12.8 Å². The van der Waals surface area contributed by atoms with E-state index >= 15 is 0 Å². The van der Waals surface area contributed by atoms with Crippen LogP contribution in [0.5, 0.6) is 0 Å². The Labute approximate surface area is 87.9 Å². The molecule has 1 rings (SSSR count). The van der Waals surface area contributed by atoms with Gasteiger partial charge in [-0.25, -0.2) is 17.9 Å². The Morgan fingerprint density at radius 3 is 2.38 bits per heavy atom. The van der Waals surface area contributed by atoms with Gasteiger partial charge >= 0.3 is 0 Å². The minimum atomic E-state index is -4.09. The van der Waals surface area contributed by atoms with Crippen LogP contribution in [0.4, 0.5) is 4.39 Å². The second-order valence-electron chi connectivity index (χ2n) is 2.22. The zero-order valence-corrected chi connectivity index (χ0v) is 9.25. The highest BCUT2D eigenvalue weighted by Crippen LogP contribution is 2.30. The van der Waals surface area contributed by atoms with Gasteiger partial charge in [0.2, 0.25) is 10.0 Å². The summed E-state index contributed by atoms with van der Waals surface area (Å²) in [6, 6.07) is 2.17. The van der Waals surface area contributed by atoms with Crippen LogP contribution in [-0.4, -0.2) is 8.42 Å². The lowest BCUT2D eigenvalue weighted by Crippen LogP contribution is -2.14. The number of rotatable bonds is 1. The molecular formula is C6H4BrClFNO2S. The maximum absolute atomic E-state index is 13.0. The monoisotopic (exact) mass is 287 g/mol. The molecule has 0 spiro atoms. The van der Waals surface area contributed by atoms with Gasteiger partial charge in [0, 0.05) is 0 Å². The Hall–Kier alpha value is -0.170. The van der Waals surface area contributed by atoms with E-state index in [1.807, 2.05) is 0 Å². The Morgan fingerprint density at radius 1 is 1.46 bits per heavy atom. The molecule has 0 unspecified atom stereocenters. The Balaban J connectivity index is 3.62. The summed E-state index contributed by atoms with van der Waals surface area (Å²) in [6.07, 6.45) is 0. The maximum Gasteiger partial charge on any atom is 0.242 e. The first-order valence-electron chi connectivity index (χ1n) is 3.00. The average molecular weight is 289 g/mol. The van der Waals surface area contributed by atoms with Crippen LogP contribution in [0, 0.1) is 5.82 Å². The van der Waals surface area contributed by atoms with Crippen molar-refractivity contribution in [1.82, 2.24) is 0 Å². The second-order valence-corrected chi connectivity index (χ2v) is 4.92. The maximum atomic E-state index is 13.0. The zero-order chi connectivity index (χ0) is 10.2. The molecule has 0 saturated heterocycles. The fourth-order valence-electron chi connectivity index (χ4n) is 0.769. The smallest absolute Gasteiger partial charge is 0.224 e. The lowest BCUT2D eigenvalue weighted by molar-refractivity contribution is 0.566. The van der Waals surface area contributed by atoms with Crippen LogP contribution in [0.2, 0.25) is 5.02 Å². The Kier molecular flexibility index (Phi) is 2.96. The average Bonchev–Trinajstić information content (AvgIpc) is 1.95. The molecule has 0 radical (unpaired) electrons. The molecule has 0 amide bonds. The van der Waals surface area contributed by atoms with Crippen molar-refractivity contribution in [3.8, 4) is 0 Å². The molecule has 0 aromatic heterocycles. The first-order valence-corrected chi connectivity index (χ1v) is 5.72. The van der Waals surface area contributed by atoms with Crippen molar-refractivity contribution >= 4 is 37.6 Å². The fraction of sp³-hybridized carbons (Fsp3) is 0. The highest BCUT2D eigenvalue weighted by Gasteiger charge is 2.20. The minimum Gasteiger partial charge on any atom is -0.224 e. The predicted octanol–water partition coefficient (Wildman–Crippen LogP) is 1.89. The summed E-state index contributed by atoms with van der Waals surface area (Å²) in [5.74, 6) is -0.932. The summed E-state index contributed by atoms with van der Waals surface area (Å²) >= 11 is 8.39. The molecule has 0 saturated carbocycles. The van der Waals surface area contributed by atoms with Gasteiger partial charge in [-0.2, -0.15) is 0 Å². The molecule has 0 aliphatic rings. The van der Waals surface area contributed by atoms with Gasteiger partial charge in [0.25, 0.3) is 0 Å². The highest BCUT2D eigenvalue weighted by atomic mass is 79.9. The number of hydrogen-bond donors (Lipinski definition) is 1. The Morgan fingerprint density at radius 2 is 2.00 bits per heavy atom. The third-order valence-electron chi connectivity index (χ3n) is 1.29. The number of nitrogens with two attached hydrogens (primary N) is 1. The molecule has 0 aliphatic carbocycles. The minimum absolute atomic E-state index is 0.0586. The fourth-order valence-corrected chi connectivity index (χ4v) is 2.68. The molecule has 3 nitrogen and oxygen atoms in total. The van der Waals surface area contributed by atoms with E-state index in [2.05, 4.69) is 15.9 Å². The van der Waals surface area contributed by atoms with Crippen molar-refractivity contribution in [2.45, 2.75) is 4.90 Å². The molecule has 1 aromatic carbocycles. The lowest BCUT2D eigenvalue weighted by atomic mass is 10.3. The van der Waals surface area contributed by atoms with Gasteiger partial charge < -0.3 is 0 Å². The summed E-state index contributed by atoms with van der Waals surface area (Å²) in [5, 5.41) is 4.86. The predicted molar refractivity (Wildman–Crippen MR) is 50.5 cm³/mol. The van der Waals surface area contributed by atoms with E-state index in [4.69, 9.17) is 16.7 Å². The van der Waals surface area contributed by atoms with Crippen LogP contribution >= 0.6 is 27.5 Å².